The normalized spacial score (nSPS) is 54.7. The van der Waals surface area contributed by atoms with Crippen LogP contribution in [0.1, 0.15) is 25.7 Å². The van der Waals surface area contributed by atoms with Crippen molar-refractivity contribution in [3.63, 3.8) is 0 Å². The monoisotopic (exact) mass is 376 g/mol. The number of likely N-dealkylation sites (tertiary alicyclic amines) is 1. The largest absolute Gasteiger partial charge is 0.373 e. The second-order valence-electron chi connectivity index (χ2n) is 9.92. The Morgan fingerprint density at radius 3 is 2.74 bits per heavy atom. The van der Waals surface area contributed by atoms with Crippen LogP contribution in [-0.2, 0) is 14.3 Å². The zero-order chi connectivity index (χ0) is 18.5. The molecule has 10 atom stereocenters. The maximum atomic E-state index is 12.9. The van der Waals surface area contributed by atoms with E-state index in [1.54, 1.807) is 0 Å². The van der Waals surface area contributed by atoms with Crippen molar-refractivity contribution < 1.29 is 19.4 Å². The molecule has 1 aliphatic carbocycles. The number of piperidine rings is 3. The van der Waals surface area contributed by atoms with Crippen LogP contribution in [-0.4, -0.2) is 82.9 Å². The van der Waals surface area contributed by atoms with Gasteiger partial charge in [0.1, 0.15) is 12.8 Å². The molecular formula is C19H28N4O4. The number of rotatable bonds is 3. The standard InChI is InChI=1S/C19H28N4O4/c20-11-2-12-14-15(16(11)27-12)18(26)23(17(14)25)7-13(24)21-19-3-9-1-10(4-19)6-22(5-9)8-19/h9-12,14-16,18,26H,1-8,20H2,(H,21,24)/t9-,10+,11?,12?,14?,15?,16?,18?,19?. The minimum atomic E-state index is -0.977. The van der Waals surface area contributed by atoms with E-state index in [-0.39, 0.29) is 54.0 Å². The third-order valence-corrected chi connectivity index (χ3v) is 7.99. The van der Waals surface area contributed by atoms with Crippen LogP contribution >= 0.6 is 0 Å². The van der Waals surface area contributed by atoms with Crippen LogP contribution in [0.4, 0.5) is 0 Å². The van der Waals surface area contributed by atoms with Gasteiger partial charge in [-0.15, -0.1) is 0 Å². The Balaban J connectivity index is 1.16. The number of nitrogens with one attached hydrogen (secondary N) is 1. The number of nitrogens with zero attached hydrogens (tertiary/aromatic N) is 2. The third-order valence-electron chi connectivity index (χ3n) is 7.99. The highest BCUT2D eigenvalue weighted by Gasteiger charge is 2.64. The lowest BCUT2D eigenvalue weighted by Gasteiger charge is -2.58. The zero-order valence-corrected chi connectivity index (χ0v) is 15.4. The minimum Gasteiger partial charge on any atom is -0.373 e. The van der Waals surface area contributed by atoms with E-state index in [0.717, 1.165) is 32.5 Å². The van der Waals surface area contributed by atoms with Crippen LogP contribution in [0.15, 0.2) is 0 Å². The SMILES string of the molecule is NC1CC2OC1C1C2C(=O)N(CC(=O)NC23C[C@@H]4C[C@@H](CN(C4)C2)C3)C1O. The quantitative estimate of drug-likeness (QED) is 0.552. The average molecular weight is 376 g/mol. The number of aliphatic hydroxyl groups is 1. The molecule has 6 heterocycles. The lowest BCUT2D eigenvalue weighted by Crippen LogP contribution is -2.69. The van der Waals surface area contributed by atoms with Crippen molar-refractivity contribution >= 4 is 11.8 Å². The predicted octanol–water partition coefficient (Wildman–Crippen LogP) is -1.52. The molecule has 27 heavy (non-hydrogen) atoms. The number of aliphatic hydroxyl groups excluding tert-OH is 1. The van der Waals surface area contributed by atoms with E-state index in [4.69, 9.17) is 10.5 Å². The Labute approximate surface area is 158 Å². The molecule has 7 rings (SSSR count). The molecule has 0 aromatic rings. The fourth-order valence-corrected chi connectivity index (χ4v) is 7.43. The van der Waals surface area contributed by atoms with Crippen LogP contribution in [0.2, 0.25) is 0 Å². The summed E-state index contributed by atoms with van der Waals surface area (Å²) in [5.41, 5.74) is 5.93. The number of ether oxygens (including phenoxy) is 1. The van der Waals surface area contributed by atoms with E-state index in [9.17, 15) is 14.7 Å². The van der Waals surface area contributed by atoms with Gasteiger partial charge < -0.3 is 30.7 Å². The Morgan fingerprint density at radius 1 is 1.30 bits per heavy atom. The first-order valence-electron chi connectivity index (χ1n) is 10.4. The third kappa shape index (κ3) is 2.30. The van der Waals surface area contributed by atoms with Gasteiger partial charge >= 0.3 is 0 Å². The van der Waals surface area contributed by atoms with Crippen LogP contribution in [0.25, 0.3) is 0 Å². The topological polar surface area (TPSA) is 108 Å². The molecule has 0 radical (unpaired) electrons. The summed E-state index contributed by atoms with van der Waals surface area (Å²) in [5, 5.41) is 14.0. The van der Waals surface area contributed by atoms with Crippen molar-refractivity contribution in [2.75, 3.05) is 26.2 Å². The molecule has 6 aliphatic heterocycles. The van der Waals surface area contributed by atoms with E-state index >= 15 is 0 Å². The summed E-state index contributed by atoms with van der Waals surface area (Å²) < 4.78 is 5.80. The fourth-order valence-electron chi connectivity index (χ4n) is 7.43. The molecule has 148 valence electrons. The molecule has 6 saturated heterocycles. The molecule has 0 spiro atoms. The van der Waals surface area contributed by atoms with E-state index in [0.29, 0.717) is 18.3 Å². The summed E-state index contributed by atoms with van der Waals surface area (Å²) in [6, 6.07) is -0.131. The van der Waals surface area contributed by atoms with Gasteiger partial charge in [0, 0.05) is 31.6 Å². The van der Waals surface area contributed by atoms with Crippen molar-refractivity contribution in [1.82, 2.24) is 15.1 Å². The van der Waals surface area contributed by atoms with Gasteiger partial charge in [-0.25, -0.2) is 0 Å². The van der Waals surface area contributed by atoms with E-state index in [1.165, 1.54) is 11.3 Å². The van der Waals surface area contributed by atoms with Gasteiger partial charge in [-0.05, 0) is 37.5 Å². The first kappa shape index (κ1) is 16.7. The van der Waals surface area contributed by atoms with Gasteiger partial charge in [-0.3, -0.25) is 9.59 Å². The van der Waals surface area contributed by atoms with E-state index in [1.807, 2.05) is 0 Å². The Bertz CT molecular complexity index is 664. The average Bonchev–Trinajstić information content (AvgIpc) is 3.20. The molecule has 2 amide bonds. The molecule has 8 heteroatoms. The van der Waals surface area contributed by atoms with Gasteiger partial charge in [0.25, 0.3) is 0 Å². The maximum Gasteiger partial charge on any atom is 0.240 e. The number of amides is 2. The Morgan fingerprint density at radius 2 is 2.04 bits per heavy atom. The number of carbonyl (C=O) groups is 2. The smallest absolute Gasteiger partial charge is 0.240 e. The van der Waals surface area contributed by atoms with Gasteiger partial charge in [0.2, 0.25) is 11.8 Å². The van der Waals surface area contributed by atoms with Crippen molar-refractivity contribution in [1.29, 1.82) is 0 Å². The van der Waals surface area contributed by atoms with Crippen LogP contribution < -0.4 is 11.1 Å². The molecule has 0 aromatic carbocycles. The summed E-state index contributed by atoms with van der Waals surface area (Å²) in [4.78, 5) is 29.5. The highest BCUT2D eigenvalue weighted by atomic mass is 16.5. The Kier molecular flexibility index (Phi) is 3.36. The van der Waals surface area contributed by atoms with Crippen molar-refractivity contribution in [2.24, 2.45) is 29.4 Å². The Hall–Kier alpha value is -1.22. The lowest BCUT2D eigenvalue weighted by molar-refractivity contribution is -0.145. The molecular weight excluding hydrogens is 348 g/mol. The number of hydrogen-bond donors (Lipinski definition) is 3. The highest BCUT2D eigenvalue weighted by Crippen LogP contribution is 2.50. The van der Waals surface area contributed by atoms with Gasteiger partial charge in [-0.1, -0.05) is 0 Å². The number of carbonyl (C=O) groups excluding carboxylic acids is 2. The molecule has 8 nitrogen and oxygen atoms in total. The molecule has 7 fully saturated rings. The van der Waals surface area contributed by atoms with Gasteiger partial charge in [-0.2, -0.15) is 0 Å². The van der Waals surface area contributed by atoms with Crippen molar-refractivity contribution in [2.45, 2.75) is 55.7 Å². The minimum absolute atomic E-state index is 0.0707. The molecule has 0 aromatic heterocycles. The molecule has 8 unspecified atom stereocenters. The summed E-state index contributed by atoms with van der Waals surface area (Å²) in [5.74, 6) is 0.408. The van der Waals surface area contributed by atoms with E-state index in [2.05, 4.69) is 10.2 Å². The van der Waals surface area contributed by atoms with Crippen molar-refractivity contribution in [3.8, 4) is 0 Å². The molecule has 6 bridgehead atoms. The predicted molar refractivity (Wildman–Crippen MR) is 94.1 cm³/mol. The first-order chi connectivity index (χ1) is 12.9. The van der Waals surface area contributed by atoms with E-state index < -0.39 is 6.23 Å². The number of fused-ring (bicyclic) bond motifs is 5. The summed E-state index contributed by atoms with van der Waals surface area (Å²) >= 11 is 0. The first-order valence-corrected chi connectivity index (χ1v) is 10.4. The summed E-state index contributed by atoms with van der Waals surface area (Å²) in [7, 11) is 0. The summed E-state index contributed by atoms with van der Waals surface area (Å²) in [6.07, 6.45) is 2.56. The van der Waals surface area contributed by atoms with Crippen LogP contribution in [0.5, 0.6) is 0 Å². The van der Waals surface area contributed by atoms with Gasteiger partial charge in [0.15, 0.2) is 0 Å². The van der Waals surface area contributed by atoms with Crippen molar-refractivity contribution in [3.05, 3.63) is 0 Å². The van der Waals surface area contributed by atoms with Crippen LogP contribution in [0.3, 0.4) is 0 Å². The number of nitrogens with two attached hydrogens (primary N) is 1. The summed E-state index contributed by atoms with van der Waals surface area (Å²) in [6.45, 7) is 3.16. The molecule has 4 N–H and O–H groups in total. The fraction of sp³-hybridized carbons (Fsp3) is 0.895. The van der Waals surface area contributed by atoms with Crippen LogP contribution in [0, 0.1) is 23.7 Å². The lowest BCUT2D eigenvalue weighted by atomic mass is 9.64. The molecule has 7 aliphatic rings. The molecule has 1 saturated carbocycles. The maximum absolute atomic E-state index is 12.9. The second-order valence-corrected chi connectivity index (χ2v) is 9.92. The van der Waals surface area contributed by atoms with Gasteiger partial charge in [0.05, 0.1) is 23.7 Å². The second kappa shape index (κ2) is 5.43. The highest BCUT2D eigenvalue weighted by molar-refractivity contribution is 5.89. The number of hydrogen-bond acceptors (Lipinski definition) is 6. The zero-order valence-electron chi connectivity index (χ0n) is 15.4.